The molecule has 33 heavy (non-hydrogen) atoms. The molecule has 2 amide bonds. The highest BCUT2D eigenvalue weighted by atomic mass is 32.2. The van der Waals surface area contributed by atoms with E-state index in [1.807, 2.05) is 68.4 Å². The Labute approximate surface area is 195 Å². The second kappa shape index (κ2) is 8.71. The topological polar surface area (TPSA) is 79.6 Å². The van der Waals surface area contributed by atoms with E-state index < -0.39 is 6.04 Å². The largest absolute Gasteiger partial charge is 0.324 e. The average Bonchev–Trinajstić information content (AvgIpc) is 3.49. The lowest BCUT2D eigenvalue weighted by molar-refractivity contribution is -0.119. The first-order valence-electron chi connectivity index (χ1n) is 10.7. The number of nitrogens with zero attached hydrogens (tertiary/aromatic N) is 4. The van der Waals surface area contributed by atoms with Crippen LogP contribution in [0.4, 0.5) is 5.69 Å². The van der Waals surface area contributed by atoms with Crippen LogP contribution in [-0.2, 0) is 4.79 Å². The van der Waals surface area contributed by atoms with Crippen molar-refractivity contribution in [3.63, 3.8) is 0 Å². The van der Waals surface area contributed by atoms with Crippen molar-refractivity contribution < 1.29 is 9.59 Å². The molecule has 1 N–H and O–H groups in total. The first kappa shape index (κ1) is 21.2. The average molecular weight is 458 g/mol. The molecule has 1 saturated heterocycles. The summed E-state index contributed by atoms with van der Waals surface area (Å²) in [5.41, 5.74) is 5.70. The molecule has 0 aliphatic carbocycles. The third-order valence-electron chi connectivity index (χ3n) is 5.92. The number of hydrogen-bond acceptors (Lipinski definition) is 5. The van der Waals surface area contributed by atoms with Gasteiger partial charge >= 0.3 is 0 Å². The van der Waals surface area contributed by atoms with Crippen LogP contribution in [0.5, 0.6) is 0 Å². The Morgan fingerprint density at radius 3 is 2.67 bits per heavy atom. The van der Waals surface area contributed by atoms with Crippen LogP contribution in [0.2, 0.25) is 0 Å². The van der Waals surface area contributed by atoms with Crippen LogP contribution in [0, 0.1) is 13.8 Å². The number of rotatable bonds is 4. The number of aryl methyl sites for hydroxylation is 2. The molecule has 1 aliphatic rings. The molecule has 166 valence electrons. The molecule has 7 nitrogen and oxygen atoms in total. The van der Waals surface area contributed by atoms with Gasteiger partial charge in [0.05, 0.1) is 17.8 Å². The number of hydrogen-bond donors (Lipinski definition) is 1. The van der Waals surface area contributed by atoms with Crippen molar-refractivity contribution in [2.45, 2.75) is 19.9 Å². The van der Waals surface area contributed by atoms with Crippen molar-refractivity contribution in [1.82, 2.24) is 19.5 Å². The van der Waals surface area contributed by atoms with Gasteiger partial charge in [-0.15, -0.1) is 11.8 Å². The third kappa shape index (κ3) is 3.98. The normalized spacial score (nSPS) is 15.7. The highest BCUT2D eigenvalue weighted by Crippen LogP contribution is 2.27. The van der Waals surface area contributed by atoms with E-state index in [0.717, 1.165) is 28.1 Å². The molecule has 0 bridgehead atoms. The number of carbonyl (C=O) groups is 2. The third-order valence-corrected chi connectivity index (χ3v) is 6.93. The van der Waals surface area contributed by atoms with Crippen LogP contribution in [0.1, 0.15) is 21.5 Å². The number of amides is 2. The fourth-order valence-electron chi connectivity index (χ4n) is 3.93. The molecule has 0 saturated carbocycles. The van der Waals surface area contributed by atoms with Crippen molar-refractivity contribution >= 4 is 34.9 Å². The zero-order chi connectivity index (χ0) is 22.9. The molecule has 0 radical (unpaired) electrons. The minimum atomic E-state index is -0.559. The van der Waals surface area contributed by atoms with E-state index in [1.165, 1.54) is 0 Å². The lowest BCUT2D eigenvalue weighted by atomic mass is 10.1. The Kier molecular flexibility index (Phi) is 5.60. The predicted molar refractivity (Wildman–Crippen MR) is 130 cm³/mol. The van der Waals surface area contributed by atoms with Crippen molar-refractivity contribution in [2.24, 2.45) is 0 Å². The lowest BCUT2D eigenvalue weighted by Crippen LogP contribution is -2.44. The van der Waals surface area contributed by atoms with Gasteiger partial charge in [-0.3, -0.25) is 9.59 Å². The molecule has 4 aromatic rings. The van der Waals surface area contributed by atoms with Gasteiger partial charge < -0.3 is 10.2 Å². The second-order valence-electron chi connectivity index (χ2n) is 8.07. The van der Waals surface area contributed by atoms with Gasteiger partial charge in [-0.1, -0.05) is 36.4 Å². The smallest absolute Gasteiger partial charge is 0.260 e. The molecular formula is C25H23N5O2S. The fraction of sp³-hybridized carbons (Fsp3) is 0.200. The maximum absolute atomic E-state index is 13.5. The summed E-state index contributed by atoms with van der Waals surface area (Å²) in [5, 5.41) is 7.41. The van der Waals surface area contributed by atoms with Crippen molar-refractivity contribution in [3.8, 4) is 11.3 Å². The van der Waals surface area contributed by atoms with Gasteiger partial charge in [-0.25, -0.2) is 9.50 Å². The minimum Gasteiger partial charge on any atom is -0.324 e. The number of thioether (sulfide) groups is 1. The Bertz CT molecular complexity index is 1350. The first-order chi connectivity index (χ1) is 16.0. The van der Waals surface area contributed by atoms with E-state index >= 15 is 0 Å². The molecule has 5 rings (SSSR count). The number of aromatic nitrogens is 3. The van der Waals surface area contributed by atoms with Crippen LogP contribution in [0.15, 0.2) is 67.0 Å². The minimum absolute atomic E-state index is 0.189. The monoisotopic (exact) mass is 457 g/mol. The highest BCUT2D eigenvalue weighted by Gasteiger charge is 2.36. The van der Waals surface area contributed by atoms with Crippen molar-refractivity contribution in [3.05, 3.63) is 83.7 Å². The lowest BCUT2D eigenvalue weighted by Gasteiger charge is -2.22. The Morgan fingerprint density at radius 2 is 1.88 bits per heavy atom. The summed E-state index contributed by atoms with van der Waals surface area (Å²) in [6.07, 6.45) is 3.22. The summed E-state index contributed by atoms with van der Waals surface area (Å²) in [7, 11) is 0. The number of anilines is 1. The molecule has 2 aromatic heterocycles. The SMILES string of the molecule is Cc1ccc(NC(=O)C2CSCN2C(=O)c2cnn3c(-c4ccccc4)ccnc23)cc1C. The quantitative estimate of drug-likeness (QED) is 0.498. The highest BCUT2D eigenvalue weighted by molar-refractivity contribution is 7.99. The van der Waals surface area contributed by atoms with Gasteiger partial charge in [0.15, 0.2) is 5.65 Å². The standard InChI is InChI=1S/C25H23N5O2S/c1-16-8-9-19(12-17(16)2)28-24(31)22-14-33-15-29(22)25(32)20-13-27-30-21(10-11-26-23(20)30)18-6-4-3-5-7-18/h3-13,22H,14-15H2,1-2H3,(H,28,31). The number of carbonyl (C=O) groups excluding carboxylic acids is 2. The van der Waals surface area contributed by atoms with Crippen LogP contribution in [-0.4, -0.2) is 49.0 Å². The number of nitrogens with one attached hydrogen (secondary N) is 1. The van der Waals surface area contributed by atoms with Crippen LogP contribution in [0.25, 0.3) is 16.9 Å². The van der Waals surface area contributed by atoms with Gasteiger partial charge in [0.25, 0.3) is 5.91 Å². The van der Waals surface area contributed by atoms with Gasteiger partial charge in [0.1, 0.15) is 11.6 Å². The molecular weight excluding hydrogens is 434 g/mol. The van der Waals surface area contributed by atoms with E-state index in [2.05, 4.69) is 15.4 Å². The van der Waals surface area contributed by atoms with Gasteiger partial charge in [0, 0.05) is 23.2 Å². The summed E-state index contributed by atoms with van der Waals surface area (Å²) in [6, 6.07) is 17.0. The maximum Gasteiger partial charge on any atom is 0.260 e. The molecule has 1 atom stereocenters. The number of benzene rings is 2. The number of fused-ring (bicyclic) bond motifs is 1. The fourth-order valence-corrected chi connectivity index (χ4v) is 5.08. The van der Waals surface area contributed by atoms with Crippen LogP contribution < -0.4 is 5.32 Å². The van der Waals surface area contributed by atoms with Crippen molar-refractivity contribution in [1.29, 1.82) is 0 Å². The van der Waals surface area contributed by atoms with E-state index in [4.69, 9.17) is 0 Å². The second-order valence-corrected chi connectivity index (χ2v) is 9.07. The first-order valence-corrected chi connectivity index (χ1v) is 11.8. The molecule has 1 unspecified atom stereocenters. The van der Waals surface area contributed by atoms with Gasteiger partial charge in [0.2, 0.25) is 5.91 Å². The summed E-state index contributed by atoms with van der Waals surface area (Å²) in [5.74, 6) is 0.558. The Morgan fingerprint density at radius 1 is 1.06 bits per heavy atom. The van der Waals surface area contributed by atoms with E-state index in [1.54, 1.807) is 33.6 Å². The summed E-state index contributed by atoms with van der Waals surface area (Å²) in [4.78, 5) is 32.5. The van der Waals surface area contributed by atoms with E-state index in [-0.39, 0.29) is 11.8 Å². The van der Waals surface area contributed by atoms with Gasteiger partial charge in [-0.2, -0.15) is 5.10 Å². The van der Waals surface area contributed by atoms with Crippen molar-refractivity contribution in [2.75, 3.05) is 16.9 Å². The molecule has 3 heterocycles. The van der Waals surface area contributed by atoms with Crippen LogP contribution in [0.3, 0.4) is 0 Å². The summed E-state index contributed by atoms with van der Waals surface area (Å²) >= 11 is 1.56. The maximum atomic E-state index is 13.5. The molecule has 0 spiro atoms. The Hall–Kier alpha value is -3.65. The summed E-state index contributed by atoms with van der Waals surface area (Å²) < 4.78 is 1.68. The van der Waals surface area contributed by atoms with Gasteiger partial charge in [-0.05, 0) is 43.2 Å². The van der Waals surface area contributed by atoms with E-state index in [9.17, 15) is 9.59 Å². The predicted octanol–water partition coefficient (Wildman–Crippen LogP) is 4.17. The molecule has 8 heteroatoms. The Balaban J connectivity index is 1.41. The van der Waals surface area contributed by atoms with Crippen LogP contribution >= 0.6 is 11.8 Å². The molecule has 2 aromatic carbocycles. The zero-order valence-electron chi connectivity index (χ0n) is 18.4. The van der Waals surface area contributed by atoms with E-state index in [0.29, 0.717) is 22.8 Å². The molecule has 1 fully saturated rings. The zero-order valence-corrected chi connectivity index (χ0v) is 19.2. The summed E-state index contributed by atoms with van der Waals surface area (Å²) in [6.45, 7) is 4.04. The molecule has 1 aliphatic heterocycles.